The van der Waals surface area contributed by atoms with Gasteiger partial charge in [-0.05, 0) is 61.3 Å². The van der Waals surface area contributed by atoms with Gasteiger partial charge < -0.3 is 15.1 Å². The van der Waals surface area contributed by atoms with E-state index in [0.29, 0.717) is 22.2 Å². The van der Waals surface area contributed by atoms with Gasteiger partial charge in [0.05, 0.1) is 10.0 Å². The van der Waals surface area contributed by atoms with E-state index in [4.69, 9.17) is 23.2 Å². The van der Waals surface area contributed by atoms with Crippen LogP contribution in [0.1, 0.15) is 53.1 Å². The summed E-state index contributed by atoms with van der Waals surface area (Å²) >= 11 is 12.6. The molecular weight excluding hydrogens is 517 g/mol. The number of piperidine rings is 1. The van der Waals surface area contributed by atoms with Gasteiger partial charge in [-0.3, -0.25) is 9.59 Å². The molecule has 7 heteroatoms. The first-order valence-corrected chi connectivity index (χ1v) is 13.9. The van der Waals surface area contributed by atoms with Crippen molar-refractivity contribution in [3.8, 4) is 0 Å². The van der Waals surface area contributed by atoms with Gasteiger partial charge >= 0.3 is 0 Å². The molecule has 5 nitrogen and oxygen atoms in total. The zero-order chi connectivity index (χ0) is 27.1. The molecule has 3 aromatic rings. The van der Waals surface area contributed by atoms with Crippen LogP contribution in [0.5, 0.6) is 0 Å². The summed E-state index contributed by atoms with van der Waals surface area (Å²) in [6, 6.07) is 25.6. The lowest BCUT2D eigenvalue weighted by Crippen LogP contribution is -2.51. The molecule has 0 radical (unpaired) electrons. The Balaban J connectivity index is 1.47. The van der Waals surface area contributed by atoms with Gasteiger partial charge in [0.25, 0.3) is 5.91 Å². The fourth-order valence-electron chi connectivity index (χ4n) is 5.41. The SMILES string of the molecule is CC(=O)NC1CN(CCC(CN(C)C(=O)c2ccccc2)c2ccc(Cl)c(Cl)c2)CCC1c1ccccc1. The van der Waals surface area contributed by atoms with Crippen LogP contribution in [0.15, 0.2) is 78.9 Å². The van der Waals surface area contributed by atoms with E-state index in [2.05, 4.69) is 34.5 Å². The lowest BCUT2D eigenvalue weighted by molar-refractivity contribution is -0.120. The maximum atomic E-state index is 13.1. The average Bonchev–Trinajstić information content (AvgIpc) is 2.92. The molecule has 3 atom stereocenters. The number of halogens is 2. The molecule has 38 heavy (non-hydrogen) atoms. The van der Waals surface area contributed by atoms with Crippen LogP contribution in [-0.4, -0.2) is 60.9 Å². The molecule has 1 saturated heterocycles. The predicted molar refractivity (Wildman–Crippen MR) is 155 cm³/mol. The van der Waals surface area contributed by atoms with Crippen LogP contribution >= 0.6 is 23.2 Å². The van der Waals surface area contributed by atoms with E-state index in [-0.39, 0.29) is 29.7 Å². The van der Waals surface area contributed by atoms with Crippen molar-refractivity contribution in [1.82, 2.24) is 15.1 Å². The Hall–Kier alpha value is -2.86. The Labute approximate surface area is 235 Å². The lowest BCUT2D eigenvalue weighted by atomic mass is 9.85. The molecule has 0 spiro atoms. The number of carbonyl (C=O) groups is 2. The quantitative estimate of drug-likeness (QED) is 0.342. The van der Waals surface area contributed by atoms with Crippen LogP contribution in [0, 0.1) is 0 Å². The monoisotopic (exact) mass is 551 g/mol. The van der Waals surface area contributed by atoms with Crippen molar-refractivity contribution in [3.05, 3.63) is 106 Å². The zero-order valence-electron chi connectivity index (χ0n) is 21.9. The first-order valence-electron chi connectivity index (χ1n) is 13.1. The first-order chi connectivity index (χ1) is 18.3. The minimum Gasteiger partial charge on any atom is -0.352 e. The fraction of sp³-hybridized carbons (Fsp3) is 0.355. The van der Waals surface area contributed by atoms with Gasteiger partial charge in [-0.2, -0.15) is 0 Å². The predicted octanol–water partition coefficient (Wildman–Crippen LogP) is 6.23. The summed E-state index contributed by atoms with van der Waals surface area (Å²) in [5.74, 6) is 0.350. The van der Waals surface area contributed by atoms with Crippen molar-refractivity contribution in [1.29, 1.82) is 0 Å². The Bertz CT molecular complexity index is 1220. The van der Waals surface area contributed by atoms with Crippen LogP contribution in [0.25, 0.3) is 0 Å². The van der Waals surface area contributed by atoms with Crippen molar-refractivity contribution >= 4 is 35.0 Å². The van der Waals surface area contributed by atoms with Gasteiger partial charge in [0.15, 0.2) is 0 Å². The summed E-state index contributed by atoms with van der Waals surface area (Å²) in [4.78, 5) is 29.3. The molecule has 4 rings (SSSR count). The molecule has 0 saturated carbocycles. The maximum Gasteiger partial charge on any atom is 0.253 e. The summed E-state index contributed by atoms with van der Waals surface area (Å²) < 4.78 is 0. The van der Waals surface area contributed by atoms with Crippen LogP contribution < -0.4 is 5.32 Å². The van der Waals surface area contributed by atoms with E-state index < -0.39 is 0 Å². The van der Waals surface area contributed by atoms with Crippen LogP contribution in [0.4, 0.5) is 0 Å². The fourth-order valence-corrected chi connectivity index (χ4v) is 5.72. The van der Waals surface area contributed by atoms with E-state index in [9.17, 15) is 9.59 Å². The van der Waals surface area contributed by atoms with Gasteiger partial charge in [-0.15, -0.1) is 0 Å². The van der Waals surface area contributed by atoms with Gasteiger partial charge in [-0.1, -0.05) is 77.8 Å². The minimum atomic E-state index is -0.00921. The van der Waals surface area contributed by atoms with Crippen molar-refractivity contribution in [3.63, 3.8) is 0 Å². The number of likely N-dealkylation sites (N-methyl/N-ethyl adjacent to an activating group) is 1. The highest BCUT2D eigenvalue weighted by Gasteiger charge is 2.31. The molecule has 1 heterocycles. The molecular formula is C31H35Cl2N3O2. The highest BCUT2D eigenvalue weighted by atomic mass is 35.5. The van der Waals surface area contributed by atoms with E-state index in [1.54, 1.807) is 11.8 Å². The molecule has 1 fully saturated rings. The first kappa shape index (κ1) is 28.2. The van der Waals surface area contributed by atoms with E-state index >= 15 is 0 Å². The summed E-state index contributed by atoms with van der Waals surface area (Å²) in [5, 5.41) is 4.23. The molecule has 1 aliphatic heterocycles. The minimum absolute atomic E-state index is 0.00693. The van der Waals surface area contributed by atoms with Crippen LogP contribution in [0.2, 0.25) is 10.0 Å². The second kappa shape index (κ2) is 13.3. The van der Waals surface area contributed by atoms with E-state index in [1.165, 1.54) is 5.56 Å². The Morgan fingerprint density at radius 3 is 2.34 bits per heavy atom. The molecule has 0 bridgehead atoms. The molecule has 1 N–H and O–H groups in total. The average molecular weight is 553 g/mol. The smallest absolute Gasteiger partial charge is 0.253 e. The topological polar surface area (TPSA) is 52.7 Å². The normalized spacial score (nSPS) is 18.5. The Kier molecular flexibility index (Phi) is 9.84. The lowest BCUT2D eigenvalue weighted by Gasteiger charge is -2.39. The van der Waals surface area contributed by atoms with Crippen LogP contribution in [-0.2, 0) is 4.79 Å². The number of hydrogen-bond acceptors (Lipinski definition) is 3. The van der Waals surface area contributed by atoms with Crippen LogP contribution in [0.3, 0.4) is 0 Å². The number of likely N-dealkylation sites (tertiary alicyclic amines) is 1. The summed E-state index contributed by atoms with van der Waals surface area (Å²) in [5.41, 5.74) is 2.99. The number of nitrogens with one attached hydrogen (secondary N) is 1. The standard InChI is InChI=1S/C31H35Cl2N3O2/c1-22(37)34-30-21-36(18-16-27(30)23-9-5-3-6-10-23)17-15-26(25-13-14-28(32)29(33)19-25)20-35(2)31(38)24-11-7-4-8-12-24/h3-14,19,26-27,30H,15-18,20-21H2,1-2H3,(H,34,37). The molecule has 3 unspecified atom stereocenters. The van der Waals surface area contributed by atoms with Crippen molar-refractivity contribution in [2.75, 3.05) is 33.2 Å². The molecule has 0 aromatic heterocycles. The van der Waals surface area contributed by atoms with Gasteiger partial charge in [0.1, 0.15) is 0 Å². The molecule has 2 amide bonds. The van der Waals surface area contributed by atoms with Gasteiger partial charge in [0, 0.05) is 50.5 Å². The second-order valence-electron chi connectivity index (χ2n) is 10.1. The number of carbonyl (C=O) groups excluding carboxylic acids is 2. The highest BCUT2D eigenvalue weighted by Crippen LogP contribution is 2.31. The maximum absolute atomic E-state index is 13.1. The van der Waals surface area contributed by atoms with E-state index in [1.807, 2.05) is 61.6 Å². The van der Waals surface area contributed by atoms with Gasteiger partial charge in [-0.25, -0.2) is 0 Å². The van der Waals surface area contributed by atoms with Crippen molar-refractivity contribution in [2.45, 2.75) is 37.6 Å². The summed E-state index contributed by atoms with van der Waals surface area (Å²) in [7, 11) is 1.85. The molecule has 1 aliphatic rings. The third kappa shape index (κ3) is 7.37. The van der Waals surface area contributed by atoms with Crippen molar-refractivity contribution < 1.29 is 9.59 Å². The summed E-state index contributed by atoms with van der Waals surface area (Å²) in [6.45, 7) is 4.71. The number of hydrogen-bond donors (Lipinski definition) is 1. The number of benzene rings is 3. The number of amides is 2. The third-order valence-corrected chi connectivity index (χ3v) is 8.12. The zero-order valence-corrected chi connectivity index (χ0v) is 23.5. The second-order valence-corrected chi connectivity index (χ2v) is 10.9. The highest BCUT2D eigenvalue weighted by molar-refractivity contribution is 6.42. The largest absolute Gasteiger partial charge is 0.352 e. The number of nitrogens with zero attached hydrogens (tertiary/aromatic N) is 2. The number of rotatable bonds is 9. The van der Waals surface area contributed by atoms with Crippen molar-refractivity contribution in [2.24, 2.45) is 0 Å². The van der Waals surface area contributed by atoms with Gasteiger partial charge in [0.2, 0.25) is 5.91 Å². The third-order valence-electron chi connectivity index (χ3n) is 7.38. The van der Waals surface area contributed by atoms with E-state index in [0.717, 1.165) is 38.0 Å². The molecule has 200 valence electrons. The molecule has 0 aliphatic carbocycles. The Morgan fingerprint density at radius 2 is 1.68 bits per heavy atom. The Morgan fingerprint density at radius 1 is 1.00 bits per heavy atom. The molecule has 3 aromatic carbocycles. The summed E-state index contributed by atoms with van der Waals surface area (Å²) in [6.07, 6.45) is 1.81.